The largest absolute Gasteiger partial charge is 0.519 e. The summed E-state index contributed by atoms with van der Waals surface area (Å²) in [7, 11) is 0. The number of nitrogens with zero attached hydrogens (tertiary/aromatic N) is 3. The lowest BCUT2D eigenvalue weighted by Crippen LogP contribution is -2.50. The summed E-state index contributed by atoms with van der Waals surface area (Å²) in [5, 5.41) is 3.80. The predicted octanol–water partition coefficient (Wildman–Crippen LogP) is 14.3. The molecule has 8 heteroatoms. The normalized spacial score (nSPS) is 18.4. The van der Waals surface area contributed by atoms with Crippen molar-refractivity contribution < 1.29 is 24.4 Å². The van der Waals surface area contributed by atoms with E-state index in [0.29, 0.717) is 44.6 Å². The maximum Gasteiger partial charge on any atom is 0.519 e. The zero-order valence-electron chi connectivity index (χ0n) is 37.1. The van der Waals surface area contributed by atoms with Crippen molar-refractivity contribution in [3.8, 4) is 0 Å². The Bertz CT molecular complexity index is 847. The van der Waals surface area contributed by atoms with Crippen LogP contribution in [-0.2, 0) is 19.4 Å². The molecule has 2 atom stereocenters. The van der Waals surface area contributed by atoms with Gasteiger partial charge in [0.05, 0.1) is 51.6 Å². The van der Waals surface area contributed by atoms with Crippen molar-refractivity contribution >= 4 is 0 Å². The lowest BCUT2D eigenvalue weighted by atomic mass is 10.0. The molecule has 2 aliphatic rings. The number of morpholine rings is 2. The number of allylic oxidation sites excluding steroid dienone is 4. The maximum atomic E-state index is 12.8. The molecule has 0 aromatic heterocycles. The van der Waals surface area contributed by atoms with Gasteiger partial charge in [-0.15, -0.1) is 0 Å². The number of ether oxygens (including phenoxy) is 2. The summed E-state index contributed by atoms with van der Waals surface area (Å²) < 4.78 is 11.5. The fraction of sp³-hybridized carbons (Fsp3) is 0.917. The van der Waals surface area contributed by atoms with Gasteiger partial charge in [-0.05, 0) is 64.2 Å². The second kappa shape index (κ2) is 39.0. The van der Waals surface area contributed by atoms with Crippen LogP contribution in [0.5, 0.6) is 0 Å². The van der Waals surface area contributed by atoms with Crippen LogP contribution >= 0.6 is 0 Å². The van der Waals surface area contributed by atoms with E-state index in [1.807, 2.05) is 0 Å². The minimum absolute atomic E-state index is 0.0465. The Hall–Kier alpha value is -1.48. The van der Waals surface area contributed by atoms with Crippen molar-refractivity contribution in [2.45, 2.75) is 244 Å². The van der Waals surface area contributed by atoms with E-state index in [-0.39, 0.29) is 12.1 Å². The zero-order valence-corrected chi connectivity index (χ0v) is 37.1. The highest BCUT2D eigenvalue weighted by atomic mass is 17.1. The van der Waals surface area contributed by atoms with Gasteiger partial charge in [0.2, 0.25) is 0 Å². The molecule has 0 N–H and O–H groups in total. The quantitative estimate of drug-likeness (QED) is 0.0348. The van der Waals surface area contributed by atoms with Crippen molar-refractivity contribution in [1.29, 1.82) is 0 Å². The van der Waals surface area contributed by atoms with Crippen LogP contribution in [0.2, 0.25) is 0 Å². The first-order valence-corrected chi connectivity index (χ1v) is 24.6. The maximum absolute atomic E-state index is 12.8. The molecule has 0 amide bonds. The second-order valence-electron chi connectivity index (χ2n) is 17.0. The highest BCUT2D eigenvalue weighted by molar-refractivity contribution is 4.83. The van der Waals surface area contributed by atoms with Gasteiger partial charge in [-0.25, -0.2) is 0 Å². The van der Waals surface area contributed by atoms with Crippen LogP contribution < -0.4 is 0 Å². The topological polar surface area (TPSA) is 63.5 Å². The Labute approximate surface area is 346 Å². The molecule has 0 aliphatic carbocycles. The van der Waals surface area contributed by atoms with Crippen molar-refractivity contribution in [3.63, 3.8) is 0 Å². The lowest BCUT2D eigenvalue weighted by molar-refractivity contribution is -1.04. The van der Waals surface area contributed by atoms with Crippen LogP contribution in [0.4, 0.5) is 0 Å². The van der Waals surface area contributed by atoms with Gasteiger partial charge in [-0.3, -0.25) is 0 Å². The van der Waals surface area contributed by atoms with Gasteiger partial charge < -0.3 is 9.47 Å². The first kappa shape index (κ1) is 50.7. The first-order chi connectivity index (χ1) is 27.7. The molecule has 2 rings (SSSR count). The standard InChI is InChI=1S/C48H92N3O5/c1-3-5-7-9-11-13-15-17-19-21-23-25-27-29-31-33-35-37-39-47-45-53-43-41-49(47)55-51(52)56-50-42-44-54-46-48(50)40-38-36-34-32-30-28-26-24-22-20-18-16-14-12-10-8-6-4-2/h31-34,47-48H,3-30,35-46H2,1-2H3/q+1. The molecular formula is C48H92N3O5+. The van der Waals surface area contributed by atoms with Gasteiger partial charge in [0.15, 0.2) is 0 Å². The molecule has 0 aromatic carbocycles. The zero-order chi connectivity index (χ0) is 39.8. The van der Waals surface area contributed by atoms with Crippen molar-refractivity contribution in [2.24, 2.45) is 0 Å². The third-order valence-electron chi connectivity index (χ3n) is 11.8. The van der Waals surface area contributed by atoms with E-state index in [1.54, 1.807) is 10.1 Å². The molecule has 0 saturated carbocycles. The number of hydrogen-bond donors (Lipinski definition) is 0. The molecule has 2 heterocycles. The Morgan fingerprint density at radius 2 is 0.732 bits per heavy atom. The lowest BCUT2D eigenvalue weighted by Gasteiger charge is -2.30. The molecule has 328 valence electrons. The number of rotatable bonds is 40. The molecule has 2 aliphatic heterocycles. The highest BCUT2D eigenvalue weighted by Crippen LogP contribution is 2.19. The van der Waals surface area contributed by atoms with E-state index in [0.717, 1.165) is 38.5 Å². The van der Waals surface area contributed by atoms with E-state index >= 15 is 0 Å². The first-order valence-electron chi connectivity index (χ1n) is 24.6. The Morgan fingerprint density at radius 1 is 0.446 bits per heavy atom. The number of hydrogen-bond acceptors (Lipinski definition) is 7. The summed E-state index contributed by atoms with van der Waals surface area (Å²) in [6.07, 6.45) is 54.1. The molecule has 0 radical (unpaired) electrons. The SMILES string of the molecule is CCCCCCCCCCCCCCCC=CCCCC1COCCN1O[N+](=O)ON1CCOCC1CCCC=CCCCCCCCCCCCCCCC. The smallest absolute Gasteiger partial charge is 0.378 e. The summed E-state index contributed by atoms with van der Waals surface area (Å²) in [5.74, 6) is 0. The molecule has 0 bridgehead atoms. The molecular weight excluding hydrogens is 699 g/mol. The Balaban J connectivity index is 1.46. The summed E-state index contributed by atoms with van der Waals surface area (Å²) in [6.45, 7) is 7.94. The van der Waals surface area contributed by atoms with Gasteiger partial charge in [0.1, 0.15) is 4.91 Å². The van der Waals surface area contributed by atoms with Gasteiger partial charge in [0, 0.05) is 0 Å². The van der Waals surface area contributed by atoms with Crippen LogP contribution in [-0.4, -0.2) is 66.8 Å². The van der Waals surface area contributed by atoms with Crippen LogP contribution in [0.1, 0.15) is 232 Å². The van der Waals surface area contributed by atoms with Gasteiger partial charge >= 0.3 is 5.09 Å². The van der Waals surface area contributed by atoms with Crippen LogP contribution in [0.25, 0.3) is 0 Å². The molecule has 2 saturated heterocycles. The van der Waals surface area contributed by atoms with Gasteiger partial charge in [-0.2, -0.15) is 0 Å². The third kappa shape index (κ3) is 29.7. The molecule has 2 unspecified atom stereocenters. The predicted molar refractivity (Wildman–Crippen MR) is 235 cm³/mol. The van der Waals surface area contributed by atoms with Crippen molar-refractivity contribution in [3.05, 3.63) is 29.2 Å². The molecule has 2 fully saturated rings. The minimum Gasteiger partial charge on any atom is -0.378 e. The summed E-state index contributed by atoms with van der Waals surface area (Å²) >= 11 is 0. The third-order valence-corrected chi connectivity index (χ3v) is 11.8. The average Bonchev–Trinajstić information content (AvgIpc) is 3.21. The summed E-state index contributed by atoms with van der Waals surface area (Å²) in [4.78, 5) is 24.2. The van der Waals surface area contributed by atoms with Crippen molar-refractivity contribution in [2.75, 3.05) is 39.5 Å². The van der Waals surface area contributed by atoms with Gasteiger partial charge in [0.25, 0.3) is 0 Å². The average molecular weight is 791 g/mol. The Morgan fingerprint density at radius 3 is 1.05 bits per heavy atom. The fourth-order valence-electron chi connectivity index (χ4n) is 8.11. The van der Waals surface area contributed by atoms with Gasteiger partial charge in [-0.1, -0.05) is 212 Å². The summed E-state index contributed by atoms with van der Waals surface area (Å²) in [6, 6.07) is 0.0931. The summed E-state index contributed by atoms with van der Waals surface area (Å²) in [5.41, 5.74) is 0. The second-order valence-corrected chi connectivity index (χ2v) is 17.0. The van der Waals surface area contributed by atoms with Crippen LogP contribution in [0, 0.1) is 4.91 Å². The molecule has 0 aromatic rings. The Kier molecular flexibility index (Phi) is 35.3. The van der Waals surface area contributed by atoms with E-state index in [9.17, 15) is 4.91 Å². The molecule has 0 spiro atoms. The van der Waals surface area contributed by atoms with E-state index in [4.69, 9.17) is 19.4 Å². The van der Waals surface area contributed by atoms with E-state index in [2.05, 4.69) is 38.2 Å². The van der Waals surface area contributed by atoms with Crippen molar-refractivity contribution in [1.82, 2.24) is 10.1 Å². The van der Waals surface area contributed by atoms with Crippen LogP contribution in [0.3, 0.4) is 0 Å². The molecule has 56 heavy (non-hydrogen) atoms. The monoisotopic (exact) mass is 791 g/mol. The molecule has 8 nitrogen and oxygen atoms in total. The number of unbranched alkanes of at least 4 members (excludes halogenated alkanes) is 28. The van der Waals surface area contributed by atoms with E-state index < -0.39 is 0 Å². The fourth-order valence-corrected chi connectivity index (χ4v) is 8.11. The van der Waals surface area contributed by atoms with Crippen LogP contribution in [0.15, 0.2) is 24.3 Å². The van der Waals surface area contributed by atoms with E-state index in [1.165, 1.54) is 180 Å². The highest BCUT2D eigenvalue weighted by Gasteiger charge is 2.36. The minimum atomic E-state index is 0.0465. The number of hydroxylamine groups is 4.